The van der Waals surface area contributed by atoms with E-state index < -0.39 is 26.5 Å². The van der Waals surface area contributed by atoms with Crippen LogP contribution < -0.4 is 5.73 Å². The number of hydrogen-bond donors (Lipinski definition) is 2. The molecule has 0 spiro atoms. The van der Waals surface area contributed by atoms with Crippen molar-refractivity contribution in [3.8, 4) is 0 Å². The molecular weight excluding hydrogens is 1070 g/mol. The molecule has 85 heavy (non-hydrogen) atoms. The maximum absolute atomic E-state index is 12.8. The first-order valence-corrected chi connectivity index (χ1v) is 36.5. The largest absolute Gasteiger partial charge is 0.472 e. The maximum Gasteiger partial charge on any atom is 0.472 e. The lowest BCUT2D eigenvalue weighted by atomic mass is 10.0. The molecule has 488 valence electrons. The van der Waals surface area contributed by atoms with E-state index >= 15 is 0 Å². The average molecular weight is 1200 g/mol. The number of rotatable bonds is 65. The van der Waals surface area contributed by atoms with Gasteiger partial charge in [0.25, 0.3) is 0 Å². The van der Waals surface area contributed by atoms with Gasteiger partial charge in [0.2, 0.25) is 0 Å². The van der Waals surface area contributed by atoms with Crippen molar-refractivity contribution in [1.82, 2.24) is 0 Å². The number of carbonyl (C=O) groups excluding carboxylic acids is 2. The van der Waals surface area contributed by atoms with Crippen molar-refractivity contribution in [3.05, 3.63) is 122 Å². The van der Waals surface area contributed by atoms with Crippen LogP contribution in [0.15, 0.2) is 122 Å². The molecule has 0 heterocycles. The molecule has 0 aromatic rings. The molecule has 10 heteroatoms. The number of carbonyl (C=O) groups is 2. The van der Waals surface area contributed by atoms with Crippen LogP contribution in [0.1, 0.15) is 309 Å². The molecular formula is C75H130NO8P. The van der Waals surface area contributed by atoms with Gasteiger partial charge in [0.1, 0.15) is 6.61 Å². The lowest BCUT2D eigenvalue weighted by Gasteiger charge is -2.19. The monoisotopic (exact) mass is 1200 g/mol. The summed E-state index contributed by atoms with van der Waals surface area (Å²) in [5.41, 5.74) is 5.40. The second kappa shape index (κ2) is 69.5. The minimum absolute atomic E-state index is 0.0474. The van der Waals surface area contributed by atoms with Crippen molar-refractivity contribution in [1.29, 1.82) is 0 Å². The van der Waals surface area contributed by atoms with Crippen LogP contribution in [0.2, 0.25) is 0 Å². The zero-order valence-electron chi connectivity index (χ0n) is 54.8. The Bertz CT molecular complexity index is 1810. The summed E-state index contributed by atoms with van der Waals surface area (Å²) in [4.78, 5) is 35.4. The van der Waals surface area contributed by atoms with E-state index in [2.05, 4.69) is 135 Å². The molecule has 0 aliphatic rings. The standard InChI is InChI=1S/C75H130NO8P/c1-3-5-7-9-11-13-15-17-19-21-23-25-27-29-31-33-35-36-38-40-42-44-46-48-50-52-54-56-58-60-62-64-66-68-75(78)84-73(72-83-85(79,80)82-70-69-76)71-81-74(77)67-65-63-61-59-57-55-53-51-49-47-45-43-41-39-37-34-32-30-28-26-24-22-20-18-16-14-12-10-8-6-4-2/h5,7,11,13,16-19,22-25,29,31,35-36,40,42,46,48,73H,3-4,6,8-10,12,14-15,20-21,26-28,30,32-34,37-39,41,43-45,47,49-72,76H2,1-2H3,(H,79,80)/b7-5-,13-11-,18-16-,19-17-,24-22-,25-23-,31-29-,36-35-,42-40-,48-46-. The highest BCUT2D eigenvalue weighted by molar-refractivity contribution is 7.47. The third kappa shape index (κ3) is 69.4. The molecule has 0 saturated carbocycles. The first kappa shape index (κ1) is 81.4. The van der Waals surface area contributed by atoms with Crippen LogP contribution in [0.3, 0.4) is 0 Å². The van der Waals surface area contributed by atoms with Crippen LogP contribution in [-0.2, 0) is 32.7 Å². The van der Waals surface area contributed by atoms with Gasteiger partial charge in [-0.2, -0.15) is 0 Å². The topological polar surface area (TPSA) is 134 Å². The number of allylic oxidation sites excluding steroid dienone is 20. The lowest BCUT2D eigenvalue weighted by molar-refractivity contribution is -0.161. The smallest absolute Gasteiger partial charge is 0.462 e. The molecule has 0 saturated heterocycles. The number of nitrogens with two attached hydrogens (primary N) is 1. The zero-order valence-corrected chi connectivity index (χ0v) is 55.7. The summed E-state index contributed by atoms with van der Waals surface area (Å²) in [6.45, 7) is 3.63. The van der Waals surface area contributed by atoms with Gasteiger partial charge in [-0.05, 0) is 109 Å². The summed E-state index contributed by atoms with van der Waals surface area (Å²) in [6.07, 6.45) is 97.1. The number of phosphoric acid groups is 1. The SMILES string of the molecule is CC/C=C\C/C=C\C/C=C\C/C=C\C/C=C\C/C=C\C/C=C\C/C=C\CCCCCCCCCCC(=O)OC(COC(=O)CCCCCCCCCCCCCCCCCCCCC/C=C\C/C=C\CCCCCCC)COP(=O)(O)OCCN. The van der Waals surface area contributed by atoms with Crippen molar-refractivity contribution in [2.45, 2.75) is 315 Å². The summed E-state index contributed by atoms with van der Waals surface area (Å²) in [7, 11) is -4.40. The van der Waals surface area contributed by atoms with Gasteiger partial charge in [0.05, 0.1) is 13.2 Å². The minimum atomic E-state index is -4.40. The van der Waals surface area contributed by atoms with Gasteiger partial charge in [0, 0.05) is 19.4 Å². The normalized spacial score (nSPS) is 13.7. The van der Waals surface area contributed by atoms with E-state index in [-0.39, 0.29) is 38.6 Å². The van der Waals surface area contributed by atoms with E-state index in [1.165, 1.54) is 173 Å². The highest BCUT2D eigenvalue weighted by Crippen LogP contribution is 2.43. The van der Waals surface area contributed by atoms with E-state index in [0.29, 0.717) is 6.42 Å². The molecule has 2 atom stereocenters. The number of ether oxygens (including phenoxy) is 2. The first-order chi connectivity index (χ1) is 41.8. The first-order valence-electron chi connectivity index (χ1n) is 35.0. The summed E-state index contributed by atoms with van der Waals surface area (Å²) in [6, 6.07) is 0. The Morgan fingerprint density at radius 1 is 0.365 bits per heavy atom. The Morgan fingerprint density at radius 3 is 0.965 bits per heavy atom. The Hall–Kier alpha value is -3.59. The van der Waals surface area contributed by atoms with Crippen LogP contribution in [0.4, 0.5) is 0 Å². The number of hydrogen-bond acceptors (Lipinski definition) is 8. The highest BCUT2D eigenvalue weighted by Gasteiger charge is 2.26. The van der Waals surface area contributed by atoms with Crippen molar-refractivity contribution in [2.75, 3.05) is 26.4 Å². The Labute approximate surface area is 523 Å². The van der Waals surface area contributed by atoms with Gasteiger partial charge in [-0.1, -0.05) is 309 Å². The summed E-state index contributed by atoms with van der Waals surface area (Å²) in [5, 5.41) is 0. The van der Waals surface area contributed by atoms with Gasteiger partial charge in [-0.15, -0.1) is 0 Å². The van der Waals surface area contributed by atoms with Crippen LogP contribution in [0, 0.1) is 0 Å². The van der Waals surface area contributed by atoms with Gasteiger partial charge >= 0.3 is 19.8 Å². The van der Waals surface area contributed by atoms with Gasteiger partial charge in [0.15, 0.2) is 6.10 Å². The van der Waals surface area contributed by atoms with Crippen LogP contribution >= 0.6 is 7.82 Å². The fraction of sp³-hybridized carbons (Fsp3) is 0.707. The van der Waals surface area contributed by atoms with E-state index in [0.717, 1.165) is 103 Å². The molecule has 0 rings (SSSR count). The summed E-state index contributed by atoms with van der Waals surface area (Å²) in [5.74, 6) is -0.833. The third-order valence-electron chi connectivity index (χ3n) is 14.8. The molecule has 0 bridgehead atoms. The van der Waals surface area contributed by atoms with Crippen molar-refractivity contribution in [2.24, 2.45) is 5.73 Å². The highest BCUT2D eigenvalue weighted by atomic mass is 31.2. The molecule has 3 N–H and O–H groups in total. The third-order valence-corrected chi connectivity index (χ3v) is 15.8. The predicted molar refractivity (Wildman–Crippen MR) is 367 cm³/mol. The van der Waals surface area contributed by atoms with Crippen LogP contribution in [0.25, 0.3) is 0 Å². The molecule has 0 aliphatic heterocycles. The van der Waals surface area contributed by atoms with E-state index in [1.807, 2.05) is 0 Å². The minimum Gasteiger partial charge on any atom is -0.462 e. The summed E-state index contributed by atoms with van der Waals surface area (Å²) >= 11 is 0. The molecule has 0 radical (unpaired) electrons. The zero-order chi connectivity index (χ0) is 61.6. The molecule has 0 aromatic heterocycles. The van der Waals surface area contributed by atoms with E-state index in [9.17, 15) is 19.0 Å². The quantitative estimate of drug-likeness (QED) is 0.0264. The molecule has 0 aliphatic carbocycles. The second-order valence-electron chi connectivity index (χ2n) is 23.0. The van der Waals surface area contributed by atoms with Crippen molar-refractivity contribution >= 4 is 19.8 Å². The number of unbranched alkanes of at least 4 members (excludes halogenated alkanes) is 32. The van der Waals surface area contributed by atoms with Gasteiger partial charge < -0.3 is 20.1 Å². The lowest BCUT2D eigenvalue weighted by Crippen LogP contribution is -2.29. The van der Waals surface area contributed by atoms with E-state index in [1.54, 1.807) is 0 Å². The Kier molecular flexibility index (Phi) is 66.6. The Balaban J connectivity index is 3.93. The van der Waals surface area contributed by atoms with E-state index in [4.69, 9.17) is 24.3 Å². The van der Waals surface area contributed by atoms with Crippen LogP contribution in [-0.4, -0.2) is 49.3 Å². The van der Waals surface area contributed by atoms with Crippen LogP contribution in [0.5, 0.6) is 0 Å². The molecule has 0 amide bonds. The number of esters is 2. The second-order valence-corrected chi connectivity index (χ2v) is 24.5. The Morgan fingerprint density at radius 2 is 0.647 bits per heavy atom. The fourth-order valence-electron chi connectivity index (χ4n) is 9.68. The van der Waals surface area contributed by atoms with Crippen molar-refractivity contribution < 1.29 is 37.6 Å². The van der Waals surface area contributed by atoms with Gasteiger partial charge in [-0.25, -0.2) is 4.57 Å². The molecule has 9 nitrogen and oxygen atoms in total. The van der Waals surface area contributed by atoms with Gasteiger partial charge in [-0.3, -0.25) is 18.6 Å². The average Bonchev–Trinajstić information content (AvgIpc) is 3.52. The molecule has 2 unspecified atom stereocenters. The number of phosphoric ester groups is 1. The molecule has 0 fully saturated rings. The fourth-order valence-corrected chi connectivity index (χ4v) is 10.5. The summed E-state index contributed by atoms with van der Waals surface area (Å²) < 4.78 is 33.2. The molecule has 0 aromatic carbocycles. The maximum atomic E-state index is 12.8. The predicted octanol–water partition coefficient (Wildman–Crippen LogP) is 23.1. The van der Waals surface area contributed by atoms with Crippen molar-refractivity contribution in [3.63, 3.8) is 0 Å².